The second-order valence-electron chi connectivity index (χ2n) is 3.10. The molecule has 1 aromatic carbocycles. The molecule has 0 unspecified atom stereocenters. The topological polar surface area (TPSA) is 23.1 Å². The van der Waals surface area contributed by atoms with Crippen LogP contribution in [-0.4, -0.2) is 0 Å². The summed E-state index contributed by atoms with van der Waals surface area (Å²) in [5.41, 5.74) is 2.35. The first-order chi connectivity index (χ1) is 5.38. The van der Waals surface area contributed by atoms with Crippen molar-refractivity contribution >= 4 is 0 Å². The van der Waals surface area contributed by atoms with Gasteiger partial charge in [-0.1, -0.05) is 23.8 Å². The third-order valence-corrected chi connectivity index (χ3v) is 2.35. The van der Waals surface area contributed by atoms with Gasteiger partial charge in [0.2, 0.25) is 0 Å². The third-order valence-electron chi connectivity index (χ3n) is 2.35. The second kappa shape index (κ2) is 2.57. The largest absolute Gasteiger partial charge is 0.872 e. The molecule has 11 heavy (non-hydrogen) atoms. The van der Waals surface area contributed by atoms with E-state index in [1.807, 2.05) is 6.07 Å². The molecule has 2 rings (SSSR count). The van der Waals surface area contributed by atoms with E-state index in [1.165, 1.54) is 18.4 Å². The number of benzene rings is 1. The molecular weight excluding hydrogens is 136 g/mol. The van der Waals surface area contributed by atoms with Crippen LogP contribution in [0, 0.1) is 0 Å². The van der Waals surface area contributed by atoms with Crippen LogP contribution in [0.4, 0.5) is 0 Å². The number of hydrogen-bond donors (Lipinski definition) is 0. The monoisotopic (exact) mass is 147 g/mol. The maximum absolute atomic E-state index is 11.3. The van der Waals surface area contributed by atoms with Crippen molar-refractivity contribution in [1.82, 2.24) is 0 Å². The Kier molecular flexibility index (Phi) is 1.57. The number of aryl methyl sites for hydroxylation is 1. The highest BCUT2D eigenvalue weighted by Gasteiger charge is 2.07. The average Bonchev–Trinajstić information content (AvgIpc) is 2.06. The summed E-state index contributed by atoms with van der Waals surface area (Å²) < 4.78 is 0. The first kappa shape index (κ1) is 6.71. The van der Waals surface area contributed by atoms with Crippen molar-refractivity contribution in [3.63, 3.8) is 0 Å². The highest BCUT2D eigenvalue weighted by Crippen LogP contribution is 2.26. The minimum Gasteiger partial charge on any atom is -0.872 e. The summed E-state index contributed by atoms with van der Waals surface area (Å²) in [5, 5.41) is 11.3. The molecule has 0 N–H and O–H groups in total. The van der Waals surface area contributed by atoms with Crippen molar-refractivity contribution in [2.75, 3.05) is 0 Å². The molecule has 1 aromatic rings. The van der Waals surface area contributed by atoms with Gasteiger partial charge in [-0.05, 0) is 31.2 Å². The van der Waals surface area contributed by atoms with E-state index in [4.69, 9.17) is 0 Å². The molecule has 1 aliphatic carbocycles. The van der Waals surface area contributed by atoms with E-state index in [-0.39, 0.29) is 5.75 Å². The minimum atomic E-state index is 0.238. The Bertz CT molecular complexity index is 266. The first-order valence-electron chi connectivity index (χ1n) is 4.16. The number of fused-ring (bicyclic) bond motifs is 1. The summed E-state index contributed by atoms with van der Waals surface area (Å²) in [5.74, 6) is 0.238. The molecule has 0 spiro atoms. The smallest absolute Gasteiger partial charge is 0.0276 e. The fourth-order valence-electron chi connectivity index (χ4n) is 1.75. The third kappa shape index (κ3) is 1.11. The molecule has 1 aliphatic rings. The Morgan fingerprint density at radius 1 is 1.09 bits per heavy atom. The van der Waals surface area contributed by atoms with E-state index in [9.17, 15) is 5.11 Å². The van der Waals surface area contributed by atoms with Crippen LogP contribution >= 0.6 is 0 Å². The number of rotatable bonds is 0. The lowest BCUT2D eigenvalue weighted by Gasteiger charge is -2.21. The fourth-order valence-corrected chi connectivity index (χ4v) is 1.75. The zero-order valence-corrected chi connectivity index (χ0v) is 6.47. The first-order valence-corrected chi connectivity index (χ1v) is 4.16. The summed E-state index contributed by atoms with van der Waals surface area (Å²) >= 11 is 0. The van der Waals surface area contributed by atoms with E-state index in [2.05, 4.69) is 6.07 Å². The van der Waals surface area contributed by atoms with Crippen LogP contribution in [0.1, 0.15) is 24.0 Å². The van der Waals surface area contributed by atoms with Crippen molar-refractivity contribution in [3.8, 4) is 5.75 Å². The molecule has 0 radical (unpaired) electrons. The van der Waals surface area contributed by atoms with E-state index in [0.717, 1.165) is 18.4 Å². The van der Waals surface area contributed by atoms with Gasteiger partial charge in [-0.25, -0.2) is 0 Å². The van der Waals surface area contributed by atoms with Crippen LogP contribution in [0.25, 0.3) is 0 Å². The Balaban J connectivity index is 2.49. The van der Waals surface area contributed by atoms with Gasteiger partial charge in [-0.3, -0.25) is 0 Å². The average molecular weight is 147 g/mol. The Hall–Kier alpha value is -0.980. The van der Waals surface area contributed by atoms with E-state index >= 15 is 0 Å². The molecular formula is C10H11O-. The van der Waals surface area contributed by atoms with Gasteiger partial charge in [-0.15, -0.1) is 5.75 Å². The van der Waals surface area contributed by atoms with Crippen LogP contribution < -0.4 is 5.11 Å². The van der Waals surface area contributed by atoms with E-state index in [1.54, 1.807) is 6.07 Å². The lowest BCUT2D eigenvalue weighted by Crippen LogP contribution is -2.06. The van der Waals surface area contributed by atoms with Gasteiger partial charge in [-0.2, -0.15) is 0 Å². The molecule has 0 saturated carbocycles. The van der Waals surface area contributed by atoms with Gasteiger partial charge >= 0.3 is 0 Å². The van der Waals surface area contributed by atoms with Crippen molar-refractivity contribution in [1.29, 1.82) is 0 Å². The van der Waals surface area contributed by atoms with Gasteiger partial charge < -0.3 is 5.11 Å². The molecule has 1 heteroatoms. The quantitative estimate of drug-likeness (QED) is 0.547. The Morgan fingerprint density at radius 2 is 1.91 bits per heavy atom. The molecule has 0 bridgehead atoms. The lowest BCUT2D eigenvalue weighted by molar-refractivity contribution is -0.269. The zero-order chi connectivity index (χ0) is 7.68. The highest BCUT2D eigenvalue weighted by molar-refractivity contribution is 5.39. The van der Waals surface area contributed by atoms with Gasteiger partial charge in [0, 0.05) is 0 Å². The predicted molar refractivity (Wildman–Crippen MR) is 42.5 cm³/mol. The molecule has 0 heterocycles. The number of hydrogen-bond acceptors (Lipinski definition) is 1. The van der Waals surface area contributed by atoms with Gasteiger partial charge in [0.25, 0.3) is 0 Å². The molecule has 0 amide bonds. The summed E-state index contributed by atoms with van der Waals surface area (Å²) in [7, 11) is 0. The molecule has 1 nitrogen and oxygen atoms in total. The summed E-state index contributed by atoms with van der Waals surface area (Å²) in [6, 6.07) is 5.62. The van der Waals surface area contributed by atoms with Crippen LogP contribution in [0.15, 0.2) is 18.2 Å². The summed E-state index contributed by atoms with van der Waals surface area (Å²) in [4.78, 5) is 0. The normalized spacial score (nSPS) is 16.0. The predicted octanol–water partition coefficient (Wildman–Crippen LogP) is 1.64. The van der Waals surface area contributed by atoms with Crippen LogP contribution in [0.3, 0.4) is 0 Å². The maximum Gasteiger partial charge on any atom is -0.0276 e. The van der Waals surface area contributed by atoms with Gasteiger partial charge in [0.1, 0.15) is 0 Å². The molecule has 0 aliphatic heterocycles. The van der Waals surface area contributed by atoms with E-state index < -0.39 is 0 Å². The van der Waals surface area contributed by atoms with Crippen molar-refractivity contribution in [3.05, 3.63) is 29.3 Å². The van der Waals surface area contributed by atoms with Crippen LogP contribution in [0.5, 0.6) is 5.75 Å². The van der Waals surface area contributed by atoms with Gasteiger partial charge in [0.05, 0.1) is 0 Å². The molecule has 0 saturated heterocycles. The molecule has 0 fully saturated rings. The summed E-state index contributed by atoms with van der Waals surface area (Å²) in [6.45, 7) is 0. The van der Waals surface area contributed by atoms with Gasteiger partial charge in [0.15, 0.2) is 0 Å². The second-order valence-corrected chi connectivity index (χ2v) is 3.10. The van der Waals surface area contributed by atoms with Crippen molar-refractivity contribution in [2.24, 2.45) is 0 Å². The molecule has 0 aromatic heterocycles. The van der Waals surface area contributed by atoms with Crippen molar-refractivity contribution in [2.45, 2.75) is 25.7 Å². The molecule has 0 atom stereocenters. The Labute approximate surface area is 66.7 Å². The Morgan fingerprint density at radius 3 is 2.73 bits per heavy atom. The van der Waals surface area contributed by atoms with Crippen LogP contribution in [0.2, 0.25) is 0 Å². The standard InChI is InChI=1S/C10H12O/c11-10-7-3-5-8-4-1-2-6-9(8)10/h3,5,7,11H,1-2,4,6H2/p-1. The maximum atomic E-state index is 11.3. The molecule has 58 valence electrons. The van der Waals surface area contributed by atoms with E-state index in [0.29, 0.717) is 0 Å². The lowest BCUT2D eigenvalue weighted by atomic mass is 9.91. The van der Waals surface area contributed by atoms with Crippen molar-refractivity contribution < 1.29 is 5.11 Å². The zero-order valence-electron chi connectivity index (χ0n) is 6.47. The van der Waals surface area contributed by atoms with Crippen LogP contribution in [-0.2, 0) is 12.8 Å². The summed E-state index contributed by atoms with van der Waals surface area (Å²) in [6.07, 6.45) is 4.53. The minimum absolute atomic E-state index is 0.238. The highest BCUT2D eigenvalue weighted by atomic mass is 16.3. The fraction of sp³-hybridized carbons (Fsp3) is 0.400. The SMILES string of the molecule is [O-]c1cccc2c1CCCC2.